The lowest BCUT2D eigenvalue weighted by molar-refractivity contribution is -0.384. The van der Waals surface area contributed by atoms with Gasteiger partial charge in [0.2, 0.25) is 0 Å². The molecule has 0 bridgehead atoms. The Bertz CT molecular complexity index is 711. The zero-order chi connectivity index (χ0) is 15.6. The summed E-state index contributed by atoms with van der Waals surface area (Å²) in [5, 5.41) is 13.5. The zero-order valence-corrected chi connectivity index (χ0v) is 13.0. The van der Waals surface area contributed by atoms with Crippen molar-refractivity contribution in [3.63, 3.8) is 0 Å². The maximum atomic E-state index is 12.3. The van der Waals surface area contributed by atoms with E-state index in [0.717, 1.165) is 10.0 Å². The van der Waals surface area contributed by atoms with E-state index in [1.807, 2.05) is 19.9 Å². The Morgan fingerprint density at radius 3 is 2.81 bits per heavy atom. The van der Waals surface area contributed by atoms with E-state index in [4.69, 9.17) is 0 Å². The van der Waals surface area contributed by atoms with Crippen LogP contribution in [0.25, 0.3) is 0 Å². The number of carbonyl (C=O) groups excluding carboxylic acids is 1. The van der Waals surface area contributed by atoms with E-state index in [-0.39, 0.29) is 11.4 Å². The van der Waals surface area contributed by atoms with Gasteiger partial charge in [-0.2, -0.15) is 0 Å². The standard InChI is InChI=1S/C13H13BrN4O3/c1-3-17-7-10(18(20)21)5-11(17)13(19)16-12-8(2)4-9(14)6-15-12/h4-7H,3H2,1-2H3,(H,15,16,19). The van der Waals surface area contributed by atoms with Crippen molar-refractivity contribution in [1.82, 2.24) is 9.55 Å². The highest BCUT2D eigenvalue weighted by atomic mass is 79.9. The maximum absolute atomic E-state index is 12.3. The molecule has 21 heavy (non-hydrogen) atoms. The molecule has 1 amide bonds. The van der Waals surface area contributed by atoms with Crippen LogP contribution in [0.15, 0.2) is 29.0 Å². The van der Waals surface area contributed by atoms with Crippen LogP contribution in [-0.4, -0.2) is 20.4 Å². The number of halogens is 1. The van der Waals surface area contributed by atoms with E-state index in [9.17, 15) is 14.9 Å². The normalized spacial score (nSPS) is 10.4. The molecule has 0 atom stereocenters. The monoisotopic (exact) mass is 352 g/mol. The molecular formula is C13H13BrN4O3. The molecule has 0 radical (unpaired) electrons. The molecule has 0 aliphatic carbocycles. The number of nitrogens with one attached hydrogen (secondary N) is 1. The number of nitrogens with zero attached hydrogens (tertiary/aromatic N) is 3. The number of carbonyl (C=O) groups is 1. The third-order valence-corrected chi connectivity index (χ3v) is 3.38. The lowest BCUT2D eigenvalue weighted by Gasteiger charge is -2.08. The third-order valence-electron chi connectivity index (χ3n) is 2.94. The number of anilines is 1. The molecule has 0 aromatic carbocycles. The Kier molecular flexibility index (Phi) is 4.37. The molecule has 0 spiro atoms. The molecule has 2 heterocycles. The summed E-state index contributed by atoms with van der Waals surface area (Å²) in [4.78, 5) is 26.7. The fourth-order valence-electron chi connectivity index (χ4n) is 1.89. The van der Waals surface area contributed by atoms with Gasteiger partial charge in [-0.25, -0.2) is 4.98 Å². The minimum absolute atomic E-state index is 0.109. The van der Waals surface area contributed by atoms with Crippen molar-refractivity contribution < 1.29 is 9.72 Å². The average Bonchev–Trinajstić information content (AvgIpc) is 2.86. The van der Waals surface area contributed by atoms with Crippen LogP contribution in [0, 0.1) is 17.0 Å². The molecule has 0 saturated heterocycles. The van der Waals surface area contributed by atoms with Crippen molar-refractivity contribution >= 4 is 33.3 Å². The second kappa shape index (κ2) is 6.04. The smallest absolute Gasteiger partial charge is 0.287 e. The van der Waals surface area contributed by atoms with Crippen LogP contribution in [0.2, 0.25) is 0 Å². The van der Waals surface area contributed by atoms with Crippen molar-refractivity contribution in [2.45, 2.75) is 20.4 Å². The summed E-state index contributed by atoms with van der Waals surface area (Å²) in [6.07, 6.45) is 2.92. The molecule has 2 rings (SSSR count). The topological polar surface area (TPSA) is 90.1 Å². The highest BCUT2D eigenvalue weighted by molar-refractivity contribution is 9.10. The molecule has 2 aromatic heterocycles. The Morgan fingerprint density at radius 2 is 2.24 bits per heavy atom. The van der Waals surface area contributed by atoms with Crippen molar-refractivity contribution in [3.05, 3.63) is 50.4 Å². The molecule has 1 N–H and O–H groups in total. The van der Waals surface area contributed by atoms with Gasteiger partial charge in [0.25, 0.3) is 11.6 Å². The largest absolute Gasteiger partial charge is 0.337 e. The van der Waals surface area contributed by atoms with Crippen LogP contribution in [-0.2, 0) is 6.54 Å². The Morgan fingerprint density at radius 1 is 1.52 bits per heavy atom. The van der Waals surface area contributed by atoms with Crippen molar-refractivity contribution in [2.24, 2.45) is 0 Å². The van der Waals surface area contributed by atoms with Gasteiger partial charge >= 0.3 is 0 Å². The third kappa shape index (κ3) is 3.27. The van der Waals surface area contributed by atoms with Gasteiger partial charge in [-0.1, -0.05) is 0 Å². The molecule has 0 aliphatic rings. The first kappa shape index (κ1) is 15.2. The first-order chi connectivity index (χ1) is 9.92. The summed E-state index contributed by atoms with van der Waals surface area (Å²) < 4.78 is 2.34. The molecule has 110 valence electrons. The van der Waals surface area contributed by atoms with Gasteiger partial charge in [-0.3, -0.25) is 14.9 Å². The van der Waals surface area contributed by atoms with E-state index in [1.54, 1.807) is 6.20 Å². The van der Waals surface area contributed by atoms with Crippen LogP contribution in [0.4, 0.5) is 11.5 Å². The van der Waals surface area contributed by atoms with Crippen LogP contribution in [0.1, 0.15) is 23.0 Å². The van der Waals surface area contributed by atoms with Crippen molar-refractivity contribution in [3.8, 4) is 0 Å². The second-order valence-corrected chi connectivity index (χ2v) is 5.32. The van der Waals surface area contributed by atoms with Gasteiger partial charge in [0.1, 0.15) is 11.5 Å². The van der Waals surface area contributed by atoms with Gasteiger partial charge < -0.3 is 9.88 Å². The number of aryl methyl sites for hydroxylation is 2. The lowest BCUT2D eigenvalue weighted by Crippen LogP contribution is -2.17. The molecule has 2 aromatic rings. The number of amides is 1. The maximum Gasteiger partial charge on any atom is 0.287 e. The highest BCUT2D eigenvalue weighted by Gasteiger charge is 2.19. The molecule has 7 nitrogen and oxygen atoms in total. The predicted molar refractivity (Wildman–Crippen MR) is 81.4 cm³/mol. The second-order valence-electron chi connectivity index (χ2n) is 4.40. The summed E-state index contributed by atoms with van der Waals surface area (Å²) in [5.74, 6) is -0.00224. The summed E-state index contributed by atoms with van der Waals surface area (Å²) >= 11 is 3.30. The van der Waals surface area contributed by atoms with Gasteiger partial charge in [-0.05, 0) is 41.4 Å². The van der Waals surface area contributed by atoms with Crippen LogP contribution < -0.4 is 5.32 Å². The Labute approximate surface area is 129 Å². The fraction of sp³-hybridized carbons (Fsp3) is 0.231. The first-order valence-electron chi connectivity index (χ1n) is 6.20. The van der Waals surface area contributed by atoms with Crippen LogP contribution >= 0.6 is 15.9 Å². The summed E-state index contributed by atoms with van der Waals surface area (Å²) in [5.41, 5.74) is 0.914. The van der Waals surface area contributed by atoms with Crippen LogP contribution in [0.5, 0.6) is 0 Å². The minimum atomic E-state index is -0.522. The van der Waals surface area contributed by atoms with E-state index in [1.165, 1.54) is 16.8 Å². The summed E-state index contributed by atoms with van der Waals surface area (Å²) in [7, 11) is 0. The van der Waals surface area contributed by atoms with E-state index >= 15 is 0 Å². The average molecular weight is 353 g/mol. The Balaban J connectivity index is 2.29. The van der Waals surface area contributed by atoms with Gasteiger partial charge in [0, 0.05) is 23.3 Å². The SMILES string of the molecule is CCn1cc([N+](=O)[O-])cc1C(=O)Nc1ncc(Br)cc1C. The van der Waals surface area contributed by atoms with Gasteiger partial charge in [0.05, 0.1) is 11.1 Å². The zero-order valence-electron chi connectivity index (χ0n) is 11.5. The van der Waals surface area contributed by atoms with E-state index in [0.29, 0.717) is 12.4 Å². The molecular weight excluding hydrogens is 340 g/mol. The summed E-state index contributed by atoms with van der Waals surface area (Å²) in [6, 6.07) is 3.08. The predicted octanol–water partition coefficient (Wildman–Crippen LogP) is 3.13. The van der Waals surface area contributed by atoms with E-state index in [2.05, 4.69) is 26.2 Å². The molecule has 8 heteroatoms. The lowest BCUT2D eigenvalue weighted by atomic mass is 10.3. The van der Waals surface area contributed by atoms with Gasteiger partial charge in [0.15, 0.2) is 0 Å². The van der Waals surface area contributed by atoms with Crippen molar-refractivity contribution in [1.29, 1.82) is 0 Å². The number of aromatic nitrogens is 2. The number of hydrogen-bond donors (Lipinski definition) is 1. The van der Waals surface area contributed by atoms with Gasteiger partial charge in [-0.15, -0.1) is 0 Å². The van der Waals surface area contributed by atoms with E-state index < -0.39 is 10.8 Å². The summed E-state index contributed by atoms with van der Waals surface area (Å²) in [6.45, 7) is 4.08. The van der Waals surface area contributed by atoms with Crippen molar-refractivity contribution in [2.75, 3.05) is 5.32 Å². The molecule has 0 fully saturated rings. The molecule has 0 unspecified atom stereocenters. The molecule has 0 aliphatic heterocycles. The number of pyridine rings is 1. The number of rotatable bonds is 4. The van der Waals surface area contributed by atoms with Crippen LogP contribution in [0.3, 0.4) is 0 Å². The number of hydrogen-bond acceptors (Lipinski definition) is 4. The quantitative estimate of drug-likeness (QED) is 0.675. The molecule has 0 saturated carbocycles. The highest BCUT2D eigenvalue weighted by Crippen LogP contribution is 2.20. The first-order valence-corrected chi connectivity index (χ1v) is 6.99. The minimum Gasteiger partial charge on any atom is -0.337 e. The fourth-order valence-corrected chi connectivity index (χ4v) is 2.34. The number of nitro groups is 1. The Hall–Kier alpha value is -2.22.